The summed E-state index contributed by atoms with van der Waals surface area (Å²) >= 11 is 0. The highest BCUT2D eigenvalue weighted by Gasteiger charge is 2.32. The van der Waals surface area contributed by atoms with Gasteiger partial charge in [-0.2, -0.15) is 0 Å². The van der Waals surface area contributed by atoms with Crippen LogP contribution in [-0.4, -0.2) is 47.4 Å². The molecule has 1 heterocycles. The molecule has 0 saturated carbocycles. The van der Waals surface area contributed by atoms with Crippen LogP contribution in [0, 0.1) is 0 Å². The van der Waals surface area contributed by atoms with E-state index in [0.717, 1.165) is 0 Å². The van der Waals surface area contributed by atoms with Gasteiger partial charge in [-0.05, 0) is 0 Å². The molecule has 6 nitrogen and oxygen atoms in total. The zero-order chi connectivity index (χ0) is 11.3. The average Bonchev–Trinajstić information content (AvgIpc) is 2.60. The predicted molar refractivity (Wildman–Crippen MR) is 50.3 cm³/mol. The smallest absolute Gasteiger partial charge is 0.303 e. The van der Waals surface area contributed by atoms with Crippen molar-refractivity contribution in [2.24, 2.45) is 0 Å². The quantitative estimate of drug-likeness (QED) is 0.555. The number of nitrogens with one attached hydrogen (secondary N) is 1. The van der Waals surface area contributed by atoms with Gasteiger partial charge in [-0.3, -0.25) is 9.59 Å². The summed E-state index contributed by atoms with van der Waals surface area (Å²) in [5, 5.41) is 20.6. The van der Waals surface area contributed by atoms with Gasteiger partial charge in [0.15, 0.2) is 0 Å². The van der Waals surface area contributed by atoms with Crippen molar-refractivity contribution < 1.29 is 24.5 Å². The van der Waals surface area contributed by atoms with Gasteiger partial charge in [-0.15, -0.1) is 0 Å². The van der Waals surface area contributed by atoms with E-state index in [4.69, 9.17) is 9.84 Å². The summed E-state index contributed by atoms with van der Waals surface area (Å²) in [5.74, 6) is -1.37. The molecule has 1 aliphatic heterocycles. The van der Waals surface area contributed by atoms with Crippen molar-refractivity contribution in [3.63, 3.8) is 0 Å². The summed E-state index contributed by atoms with van der Waals surface area (Å²) in [5.41, 5.74) is -0.987. The molecule has 86 valence electrons. The van der Waals surface area contributed by atoms with E-state index in [1.54, 1.807) is 0 Å². The lowest BCUT2D eigenvalue weighted by Crippen LogP contribution is -2.43. The maximum atomic E-state index is 11.1. The van der Waals surface area contributed by atoms with E-state index in [1.165, 1.54) is 0 Å². The third kappa shape index (κ3) is 4.26. The van der Waals surface area contributed by atoms with E-state index >= 15 is 0 Å². The molecule has 0 aromatic heterocycles. The van der Waals surface area contributed by atoms with Gasteiger partial charge in [0.25, 0.3) is 0 Å². The highest BCUT2D eigenvalue weighted by molar-refractivity contribution is 5.80. The second-order valence-corrected chi connectivity index (χ2v) is 3.70. The topological polar surface area (TPSA) is 95.9 Å². The maximum absolute atomic E-state index is 11.1. The molecule has 15 heavy (non-hydrogen) atoms. The number of hydrogen-bond acceptors (Lipinski definition) is 4. The molecular formula is C9H15NO5. The second-order valence-electron chi connectivity index (χ2n) is 3.70. The number of aliphatic carboxylic acids is 1. The van der Waals surface area contributed by atoms with Crippen molar-refractivity contribution >= 4 is 11.9 Å². The van der Waals surface area contributed by atoms with Gasteiger partial charge < -0.3 is 20.3 Å². The Morgan fingerprint density at radius 3 is 2.67 bits per heavy atom. The molecule has 1 fully saturated rings. The fourth-order valence-electron chi connectivity index (χ4n) is 1.31. The summed E-state index contributed by atoms with van der Waals surface area (Å²) in [6.45, 7) is 0.819. The number of carboxylic acids is 1. The SMILES string of the molecule is O=C(O)CCC(=O)NCC1(O)CCOC1. The predicted octanol–water partition coefficient (Wildman–Crippen LogP) is -0.881. The molecule has 3 N–H and O–H groups in total. The molecule has 1 unspecified atom stereocenters. The molecule has 1 aliphatic rings. The van der Waals surface area contributed by atoms with E-state index in [9.17, 15) is 14.7 Å². The van der Waals surface area contributed by atoms with Crippen molar-refractivity contribution in [2.45, 2.75) is 24.9 Å². The van der Waals surface area contributed by atoms with E-state index in [1.807, 2.05) is 0 Å². The molecular weight excluding hydrogens is 202 g/mol. The lowest BCUT2D eigenvalue weighted by atomic mass is 10.0. The van der Waals surface area contributed by atoms with Crippen molar-refractivity contribution in [3.05, 3.63) is 0 Å². The van der Waals surface area contributed by atoms with Gasteiger partial charge in [0.05, 0.1) is 13.0 Å². The maximum Gasteiger partial charge on any atom is 0.303 e. The minimum Gasteiger partial charge on any atom is -0.481 e. The van der Waals surface area contributed by atoms with E-state index < -0.39 is 11.6 Å². The Balaban J connectivity index is 2.18. The third-order valence-corrected chi connectivity index (χ3v) is 2.26. The molecule has 0 aliphatic carbocycles. The second kappa shape index (κ2) is 5.09. The number of ether oxygens (including phenoxy) is 1. The molecule has 0 spiro atoms. The van der Waals surface area contributed by atoms with Crippen LogP contribution in [0.3, 0.4) is 0 Å². The molecule has 0 bridgehead atoms. The Kier molecular flexibility index (Phi) is 4.05. The zero-order valence-electron chi connectivity index (χ0n) is 8.36. The minimum atomic E-state index is -1.01. The molecule has 0 aromatic carbocycles. The zero-order valence-corrected chi connectivity index (χ0v) is 8.36. The number of carbonyl (C=O) groups is 2. The first kappa shape index (κ1) is 11.9. The Hall–Kier alpha value is -1.14. The standard InChI is InChI=1S/C9H15NO5/c11-7(1-2-8(12)13)10-5-9(14)3-4-15-6-9/h14H,1-6H2,(H,10,11)(H,12,13). The van der Waals surface area contributed by atoms with Crippen LogP contribution in [0.2, 0.25) is 0 Å². The Morgan fingerprint density at radius 1 is 1.40 bits per heavy atom. The fraction of sp³-hybridized carbons (Fsp3) is 0.778. The Bertz CT molecular complexity index is 247. The van der Waals surface area contributed by atoms with Crippen LogP contribution < -0.4 is 5.32 Å². The van der Waals surface area contributed by atoms with Crippen LogP contribution in [0.15, 0.2) is 0 Å². The number of aliphatic hydroxyl groups is 1. The molecule has 6 heteroatoms. The minimum absolute atomic E-state index is 0.0632. The van der Waals surface area contributed by atoms with E-state index in [-0.39, 0.29) is 31.9 Å². The van der Waals surface area contributed by atoms with Crippen LogP contribution in [-0.2, 0) is 14.3 Å². The normalized spacial score (nSPS) is 25.1. The van der Waals surface area contributed by atoms with Gasteiger partial charge >= 0.3 is 5.97 Å². The summed E-state index contributed by atoms with van der Waals surface area (Å²) in [4.78, 5) is 21.3. The van der Waals surface area contributed by atoms with Gasteiger partial charge in [0.1, 0.15) is 5.60 Å². The van der Waals surface area contributed by atoms with E-state index in [0.29, 0.717) is 13.0 Å². The molecule has 1 atom stereocenters. The number of carbonyl (C=O) groups excluding carboxylic acids is 1. The molecule has 1 saturated heterocycles. The molecule has 0 radical (unpaired) electrons. The number of rotatable bonds is 5. The van der Waals surface area contributed by atoms with E-state index in [2.05, 4.69) is 5.32 Å². The lowest BCUT2D eigenvalue weighted by Gasteiger charge is -2.20. The molecule has 0 aromatic rings. The van der Waals surface area contributed by atoms with Gasteiger partial charge in [0, 0.05) is 26.0 Å². The first-order chi connectivity index (χ1) is 7.02. The third-order valence-electron chi connectivity index (χ3n) is 2.26. The van der Waals surface area contributed by atoms with Crippen molar-refractivity contribution in [2.75, 3.05) is 19.8 Å². The molecule has 1 rings (SSSR count). The summed E-state index contributed by atoms with van der Waals surface area (Å²) < 4.78 is 5.00. The van der Waals surface area contributed by atoms with Crippen molar-refractivity contribution in [3.8, 4) is 0 Å². The number of hydrogen-bond donors (Lipinski definition) is 3. The fourth-order valence-corrected chi connectivity index (χ4v) is 1.31. The first-order valence-corrected chi connectivity index (χ1v) is 4.80. The Morgan fingerprint density at radius 2 is 2.13 bits per heavy atom. The van der Waals surface area contributed by atoms with Crippen molar-refractivity contribution in [1.29, 1.82) is 0 Å². The van der Waals surface area contributed by atoms with Crippen molar-refractivity contribution in [1.82, 2.24) is 5.32 Å². The van der Waals surface area contributed by atoms with Crippen LogP contribution in [0.5, 0.6) is 0 Å². The summed E-state index contributed by atoms with van der Waals surface area (Å²) in [6.07, 6.45) is 0.235. The summed E-state index contributed by atoms with van der Waals surface area (Å²) in [7, 11) is 0. The highest BCUT2D eigenvalue weighted by Crippen LogP contribution is 2.16. The molecule has 1 amide bonds. The van der Waals surface area contributed by atoms with Gasteiger partial charge in [0.2, 0.25) is 5.91 Å². The Labute approximate surface area is 87.2 Å². The summed E-state index contributed by atoms with van der Waals surface area (Å²) in [6, 6.07) is 0. The average molecular weight is 217 g/mol. The number of amides is 1. The monoisotopic (exact) mass is 217 g/mol. The van der Waals surface area contributed by atoms with Gasteiger partial charge in [-0.25, -0.2) is 0 Å². The van der Waals surface area contributed by atoms with Crippen LogP contribution in [0.4, 0.5) is 0 Å². The lowest BCUT2D eigenvalue weighted by molar-refractivity contribution is -0.138. The highest BCUT2D eigenvalue weighted by atomic mass is 16.5. The largest absolute Gasteiger partial charge is 0.481 e. The van der Waals surface area contributed by atoms with Crippen LogP contribution in [0.25, 0.3) is 0 Å². The van der Waals surface area contributed by atoms with Gasteiger partial charge in [-0.1, -0.05) is 0 Å². The van der Waals surface area contributed by atoms with Crippen LogP contribution >= 0.6 is 0 Å². The number of carboxylic acid groups (broad SMARTS) is 1. The first-order valence-electron chi connectivity index (χ1n) is 4.80. The van der Waals surface area contributed by atoms with Crippen LogP contribution in [0.1, 0.15) is 19.3 Å².